The summed E-state index contributed by atoms with van der Waals surface area (Å²) in [5, 5.41) is 1.23. The third kappa shape index (κ3) is 2.39. The number of allylic oxidation sites excluding steroid dienone is 1. The van der Waals surface area contributed by atoms with Gasteiger partial charge in [0.15, 0.2) is 5.78 Å². The van der Waals surface area contributed by atoms with E-state index in [0.717, 1.165) is 14.2 Å². The van der Waals surface area contributed by atoms with Gasteiger partial charge in [-0.15, -0.1) is 22.7 Å². The fourth-order valence-electron chi connectivity index (χ4n) is 1.78. The first-order valence-corrected chi connectivity index (χ1v) is 7.91. The van der Waals surface area contributed by atoms with Crippen molar-refractivity contribution < 1.29 is 4.79 Å². The molecule has 0 unspecified atom stereocenters. The Hall–Kier alpha value is -0.650. The monoisotopic (exact) mass is 343 g/mol. The standard InChI is InChI=1S/C13H14BrNOS2/c1-7-10-8(2)12(14)18-13(10)17-11(7)9(16)5-6-15(3)4/h5-6H,1-4H3/b6-5+. The molecule has 2 rings (SSSR count). The summed E-state index contributed by atoms with van der Waals surface area (Å²) in [6, 6.07) is 0. The minimum atomic E-state index is 0.0881. The van der Waals surface area contributed by atoms with E-state index in [2.05, 4.69) is 22.9 Å². The Morgan fingerprint density at radius 1 is 1.22 bits per heavy atom. The number of nitrogens with zero attached hydrogens (tertiary/aromatic N) is 1. The second-order valence-electron chi connectivity index (χ2n) is 4.36. The molecule has 0 saturated heterocycles. The molecule has 5 heteroatoms. The zero-order valence-corrected chi connectivity index (χ0v) is 13.9. The summed E-state index contributed by atoms with van der Waals surface area (Å²) >= 11 is 6.84. The predicted octanol–water partition coefficient (Wildman–Crippen LogP) is 4.60. The van der Waals surface area contributed by atoms with Crippen LogP contribution in [-0.4, -0.2) is 24.8 Å². The molecule has 0 aliphatic heterocycles. The highest BCUT2D eigenvalue weighted by molar-refractivity contribution is 9.11. The first kappa shape index (κ1) is 13.8. The topological polar surface area (TPSA) is 20.3 Å². The molecule has 0 aliphatic rings. The quantitative estimate of drug-likeness (QED) is 0.599. The Bertz CT molecular complexity index is 637. The van der Waals surface area contributed by atoms with E-state index in [-0.39, 0.29) is 5.78 Å². The maximum Gasteiger partial charge on any atom is 0.197 e. The smallest absolute Gasteiger partial charge is 0.197 e. The number of fused-ring (bicyclic) bond motifs is 1. The van der Waals surface area contributed by atoms with Gasteiger partial charge >= 0.3 is 0 Å². The van der Waals surface area contributed by atoms with Gasteiger partial charge in [0, 0.05) is 31.8 Å². The van der Waals surface area contributed by atoms with Crippen molar-refractivity contribution in [1.29, 1.82) is 0 Å². The Morgan fingerprint density at radius 3 is 2.44 bits per heavy atom. The zero-order chi connectivity index (χ0) is 13.4. The normalized spacial score (nSPS) is 11.6. The van der Waals surface area contributed by atoms with Crippen LogP contribution in [0.15, 0.2) is 16.1 Å². The van der Waals surface area contributed by atoms with Crippen molar-refractivity contribution in [3.8, 4) is 0 Å². The van der Waals surface area contributed by atoms with E-state index in [1.807, 2.05) is 25.9 Å². The summed E-state index contributed by atoms with van der Waals surface area (Å²) in [6.07, 6.45) is 3.42. The molecule has 2 aromatic heterocycles. The summed E-state index contributed by atoms with van der Waals surface area (Å²) in [5.74, 6) is 0.0881. The molecule has 2 heterocycles. The highest BCUT2D eigenvalue weighted by atomic mass is 79.9. The number of hydrogen-bond donors (Lipinski definition) is 0. The lowest BCUT2D eigenvalue weighted by atomic mass is 10.1. The van der Waals surface area contributed by atoms with Gasteiger partial charge in [0.1, 0.15) is 0 Å². The highest BCUT2D eigenvalue weighted by Crippen LogP contribution is 2.42. The van der Waals surface area contributed by atoms with E-state index in [0.29, 0.717) is 0 Å². The van der Waals surface area contributed by atoms with E-state index >= 15 is 0 Å². The van der Waals surface area contributed by atoms with Crippen molar-refractivity contribution in [2.75, 3.05) is 14.1 Å². The van der Waals surface area contributed by atoms with E-state index < -0.39 is 0 Å². The van der Waals surface area contributed by atoms with Gasteiger partial charge < -0.3 is 4.90 Å². The molecule has 0 atom stereocenters. The highest BCUT2D eigenvalue weighted by Gasteiger charge is 2.18. The van der Waals surface area contributed by atoms with Crippen LogP contribution in [0.1, 0.15) is 20.8 Å². The fraction of sp³-hybridized carbons (Fsp3) is 0.308. The Morgan fingerprint density at radius 2 is 1.89 bits per heavy atom. The molecule has 0 aliphatic carbocycles. The molecule has 0 aromatic carbocycles. The van der Waals surface area contributed by atoms with E-state index in [1.165, 1.54) is 15.0 Å². The van der Waals surface area contributed by atoms with Crippen molar-refractivity contribution in [3.05, 3.63) is 32.1 Å². The van der Waals surface area contributed by atoms with Crippen molar-refractivity contribution in [1.82, 2.24) is 4.90 Å². The number of aryl methyl sites for hydroxylation is 2. The van der Waals surface area contributed by atoms with Gasteiger partial charge in [0.2, 0.25) is 0 Å². The number of carbonyl (C=O) groups is 1. The molecule has 0 amide bonds. The fourth-order valence-corrected chi connectivity index (χ4v) is 5.29. The first-order valence-electron chi connectivity index (χ1n) is 5.48. The third-order valence-corrected chi connectivity index (χ3v) is 6.27. The molecule has 0 spiro atoms. The summed E-state index contributed by atoms with van der Waals surface area (Å²) < 4.78 is 2.38. The summed E-state index contributed by atoms with van der Waals surface area (Å²) in [5.41, 5.74) is 2.34. The van der Waals surface area contributed by atoms with Crippen molar-refractivity contribution in [2.45, 2.75) is 13.8 Å². The average Bonchev–Trinajstić information content (AvgIpc) is 2.75. The summed E-state index contributed by atoms with van der Waals surface area (Å²) in [6.45, 7) is 4.12. The third-order valence-electron chi connectivity index (χ3n) is 2.71. The van der Waals surface area contributed by atoms with Gasteiger partial charge in [-0.05, 0) is 40.9 Å². The maximum atomic E-state index is 12.1. The summed E-state index contributed by atoms with van der Waals surface area (Å²) in [7, 11) is 3.82. The van der Waals surface area contributed by atoms with Crippen LogP contribution in [0.4, 0.5) is 0 Å². The molecule has 0 saturated carbocycles. The molecule has 96 valence electrons. The van der Waals surface area contributed by atoms with Crippen LogP contribution in [0.5, 0.6) is 0 Å². The molecule has 0 fully saturated rings. The molecule has 18 heavy (non-hydrogen) atoms. The van der Waals surface area contributed by atoms with Crippen molar-refractivity contribution in [2.24, 2.45) is 0 Å². The van der Waals surface area contributed by atoms with Crippen molar-refractivity contribution in [3.63, 3.8) is 0 Å². The summed E-state index contributed by atoms with van der Waals surface area (Å²) in [4.78, 5) is 14.8. The van der Waals surface area contributed by atoms with Crippen LogP contribution >= 0.6 is 38.6 Å². The number of hydrogen-bond acceptors (Lipinski definition) is 4. The largest absolute Gasteiger partial charge is 0.383 e. The Labute approximate surface area is 123 Å². The van der Waals surface area contributed by atoms with E-state index in [1.54, 1.807) is 34.9 Å². The van der Waals surface area contributed by atoms with Gasteiger partial charge in [-0.2, -0.15) is 0 Å². The molecule has 2 aromatic rings. The maximum absolute atomic E-state index is 12.1. The van der Waals surface area contributed by atoms with Crippen LogP contribution < -0.4 is 0 Å². The molecule has 0 bridgehead atoms. The Kier molecular flexibility index (Phi) is 3.94. The van der Waals surface area contributed by atoms with E-state index in [4.69, 9.17) is 0 Å². The first-order chi connectivity index (χ1) is 8.41. The second-order valence-corrected chi connectivity index (χ2v) is 7.98. The number of rotatable bonds is 3. The lowest BCUT2D eigenvalue weighted by molar-refractivity contribution is 0.104. The second kappa shape index (κ2) is 5.15. The van der Waals surface area contributed by atoms with Crippen LogP contribution in [0.25, 0.3) is 9.40 Å². The number of halogens is 1. The van der Waals surface area contributed by atoms with Gasteiger partial charge in [-0.1, -0.05) is 0 Å². The number of carbonyl (C=O) groups excluding carboxylic acids is 1. The minimum absolute atomic E-state index is 0.0881. The number of thiophene rings is 2. The molecule has 0 N–H and O–H groups in total. The van der Waals surface area contributed by atoms with Crippen LogP contribution in [0.2, 0.25) is 0 Å². The minimum Gasteiger partial charge on any atom is -0.383 e. The SMILES string of the molecule is Cc1c(Br)sc2sc(C(=O)/C=C/N(C)C)c(C)c12. The molecule has 0 radical (unpaired) electrons. The molecule has 2 nitrogen and oxygen atoms in total. The molecular weight excluding hydrogens is 330 g/mol. The lowest BCUT2D eigenvalue weighted by Gasteiger charge is -2.02. The van der Waals surface area contributed by atoms with Gasteiger partial charge in [-0.3, -0.25) is 4.79 Å². The predicted molar refractivity (Wildman–Crippen MR) is 84.0 cm³/mol. The zero-order valence-electron chi connectivity index (χ0n) is 10.7. The van der Waals surface area contributed by atoms with Crippen LogP contribution in [0, 0.1) is 13.8 Å². The van der Waals surface area contributed by atoms with Crippen molar-refractivity contribution >= 4 is 53.8 Å². The average molecular weight is 344 g/mol. The van der Waals surface area contributed by atoms with Gasteiger partial charge in [0.05, 0.1) is 12.7 Å². The number of ketones is 1. The lowest BCUT2D eigenvalue weighted by Crippen LogP contribution is -2.02. The Balaban J connectivity index is 2.47. The van der Waals surface area contributed by atoms with E-state index in [9.17, 15) is 4.79 Å². The molecular formula is C13H14BrNOS2. The van der Waals surface area contributed by atoms with Gasteiger partial charge in [0.25, 0.3) is 0 Å². The van der Waals surface area contributed by atoms with Crippen LogP contribution in [0.3, 0.4) is 0 Å². The van der Waals surface area contributed by atoms with Gasteiger partial charge in [-0.25, -0.2) is 0 Å². The van der Waals surface area contributed by atoms with Crippen LogP contribution in [-0.2, 0) is 0 Å².